The number of carbonyl (C=O) groups excluding carboxylic acids is 2. The molecule has 0 aliphatic heterocycles. The number of carbonyl (C=O) groups is 2. The number of amides is 1. The van der Waals surface area contributed by atoms with Crippen LogP contribution in [-0.4, -0.2) is 31.6 Å². The molecular formula is C14H28N2O3. The van der Waals surface area contributed by atoms with Crippen LogP contribution in [0.3, 0.4) is 0 Å². The zero-order valence-electron chi connectivity index (χ0n) is 12.2. The van der Waals surface area contributed by atoms with Gasteiger partial charge in [-0.2, -0.15) is 0 Å². The van der Waals surface area contributed by atoms with Gasteiger partial charge in [0, 0.05) is 6.54 Å². The van der Waals surface area contributed by atoms with Crippen LogP contribution in [0.2, 0.25) is 0 Å². The van der Waals surface area contributed by atoms with E-state index in [4.69, 9.17) is 10.5 Å². The molecule has 0 heterocycles. The van der Waals surface area contributed by atoms with Crippen molar-refractivity contribution in [3.8, 4) is 0 Å². The Kier molecular flexibility index (Phi) is 11.3. The van der Waals surface area contributed by atoms with E-state index < -0.39 is 5.97 Å². The molecule has 1 atom stereocenters. The average molecular weight is 272 g/mol. The molecule has 0 aliphatic carbocycles. The summed E-state index contributed by atoms with van der Waals surface area (Å²) in [6.07, 6.45) is 7.19. The SMILES string of the molecule is CCCCCCCCNC(=O)[C@@H](C)COC(=O)CN. The molecule has 0 aromatic heterocycles. The summed E-state index contributed by atoms with van der Waals surface area (Å²) in [7, 11) is 0. The van der Waals surface area contributed by atoms with Crippen molar-refractivity contribution in [1.82, 2.24) is 5.32 Å². The van der Waals surface area contributed by atoms with E-state index in [1.54, 1.807) is 6.92 Å². The van der Waals surface area contributed by atoms with Crippen molar-refractivity contribution in [2.75, 3.05) is 19.7 Å². The van der Waals surface area contributed by atoms with Crippen LogP contribution >= 0.6 is 0 Å². The minimum atomic E-state index is -0.476. The smallest absolute Gasteiger partial charge is 0.319 e. The maximum atomic E-state index is 11.6. The molecule has 112 valence electrons. The summed E-state index contributed by atoms with van der Waals surface area (Å²) in [4.78, 5) is 22.5. The normalized spacial score (nSPS) is 11.9. The van der Waals surface area contributed by atoms with Crippen molar-refractivity contribution in [3.05, 3.63) is 0 Å². The highest BCUT2D eigenvalue weighted by Crippen LogP contribution is 2.04. The van der Waals surface area contributed by atoms with Crippen LogP contribution in [-0.2, 0) is 14.3 Å². The largest absolute Gasteiger partial charge is 0.464 e. The number of unbranched alkanes of at least 4 members (excludes halogenated alkanes) is 5. The Hall–Kier alpha value is -1.10. The summed E-state index contributed by atoms with van der Waals surface area (Å²) in [6, 6.07) is 0. The van der Waals surface area contributed by atoms with Crippen molar-refractivity contribution in [1.29, 1.82) is 0 Å². The van der Waals surface area contributed by atoms with E-state index in [2.05, 4.69) is 12.2 Å². The second-order valence-electron chi connectivity index (χ2n) is 4.85. The maximum absolute atomic E-state index is 11.6. The lowest BCUT2D eigenvalue weighted by atomic mass is 10.1. The third-order valence-corrected chi connectivity index (χ3v) is 2.94. The zero-order valence-corrected chi connectivity index (χ0v) is 12.2. The van der Waals surface area contributed by atoms with Gasteiger partial charge < -0.3 is 15.8 Å². The lowest BCUT2D eigenvalue weighted by Gasteiger charge is -2.12. The average Bonchev–Trinajstić information content (AvgIpc) is 2.42. The van der Waals surface area contributed by atoms with Gasteiger partial charge in [0.2, 0.25) is 5.91 Å². The van der Waals surface area contributed by atoms with Crippen molar-refractivity contribution in [2.45, 2.75) is 52.4 Å². The number of rotatable bonds is 11. The van der Waals surface area contributed by atoms with Crippen LogP contribution in [0.4, 0.5) is 0 Å². The van der Waals surface area contributed by atoms with Crippen molar-refractivity contribution in [3.63, 3.8) is 0 Å². The Labute approximate surface area is 116 Å². The van der Waals surface area contributed by atoms with Crippen molar-refractivity contribution >= 4 is 11.9 Å². The van der Waals surface area contributed by atoms with E-state index in [0.717, 1.165) is 12.8 Å². The number of esters is 1. The minimum absolute atomic E-state index is 0.0709. The maximum Gasteiger partial charge on any atom is 0.319 e. The van der Waals surface area contributed by atoms with Crippen LogP contribution in [0.15, 0.2) is 0 Å². The topological polar surface area (TPSA) is 81.4 Å². The third kappa shape index (κ3) is 10.5. The predicted molar refractivity (Wildman–Crippen MR) is 75.6 cm³/mol. The van der Waals surface area contributed by atoms with E-state index in [-0.39, 0.29) is 25.0 Å². The number of ether oxygens (including phenoxy) is 1. The Balaban J connectivity index is 3.49. The Morgan fingerprint density at radius 2 is 1.79 bits per heavy atom. The quantitative estimate of drug-likeness (QED) is 0.442. The van der Waals surface area contributed by atoms with E-state index >= 15 is 0 Å². The van der Waals surface area contributed by atoms with Gasteiger partial charge in [-0.25, -0.2) is 0 Å². The van der Waals surface area contributed by atoms with Crippen LogP contribution in [0.5, 0.6) is 0 Å². The minimum Gasteiger partial charge on any atom is -0.464 e. The Morgan fingerprint density at radius 1 is 1.16 bits per heavy atom. The van der Waals surface area contributed by atoms with E-state index in [1.165, 1.54) is 25.7 Å². The van der Waals surface area contributed by atoms with Gasteiger partial charge in [0.05, 0.1) is 12.5 Å². The molecule has 0 saturated carbocycles. The molecule has 1 amide bonds. The molecular weight excluding hydrogens is 244 g/mol. The molecule has 0 aliphatic rings. The molecule has 0 bridgehead atoms. The second-order valence-corrected chi connectivity index (χ2v) is 4.85. The fraction of sp³-hybridized carbons (Fsp3) is 0.857. The number of hydrogen-bond acceptors (Lipinski definition) is 4. The molecule has 0 unspecified atom stereocenters. The molecule has 3 N–H and O–H groups in total. The first-order chi connectivity index (χ1) is 9.11. The Morgan fingerprint density at radius 3 is 2.42 bits per heavy atom. The van der Waals surface area contributed by atoms with Gasteiger partial charge in [0.25, 0.3) is 0 Å². The van der Waals surface area contributed by atoms with Crippen LogP contribution in [0.1, 0.15) is 52.4 Å². The monoisotopic (exact) mass is 272 g/mol. The fourth-order valence-corrected chi connectivity index (χ4v) is 1.64. The van der Waals surface area contributed by atoms with Crippen LogP contribution in [0, 0.1) is 5.92 Å². The molecule has 0 rings (SSSR count). The number of nitrogens with one attached hydrogen (secondary N) is 1. The lowest BCUT2D eigenvalue weighted by Crippen LogP contribution is -2.33. The molecule has 0 aromatic rings. The standard InChI is InChI=1S/C14H28N2O3/c1-3-4-5-6-7-8-9-16-14(18)12(2)11-19-13(17)10-15/h12H,3-11,15H2,1-2H3,(H,16,18)/t12-/m0/s1. The highest BCUT2D eigenvalue weighted by atomic mass is 16.5. The first-order valence-corrected chi connectivity index (χ1v) is 7.25. The number of nitrogens with two attached hydrogens (primary N) is 1. The first-order valence-electron chi connectivity index (χ1n) is 7.25. The third-order valence-electron chi connectivity index (χ3n) is 2.94. The van der Waals surface area contributed by atoms with Gasteiger partial charge in [-0.05, 0) is 6.42 Å². The van der Waals surface area contributed by atoms with Crippen LogP contribution in [0.25, 0.3) is 0 Å². The van der Waals surface area contributed by atoms with Gasteiger partial charge >= 0.3 is 5.97 Å². The number of hydrogen-bond donors (Lipinski definition) is 2. The predicted octanol–water partition coefficient (Wildman–Crippen LogP) is 1.60. The van der Waals surface area contributed by atoms with Crippen molar-refractivity contribution in [2.24, 2.45) is 11.7 Å². The summed E-state index contributed by atoms with van der Waals surface area (Å²) in [6.45, 7) is 4.57. The summed E-state index contributed by atoms with van der Waals surface area (Å²) < 4.78 is 4.82. The Bertz CT molecular complexity index is 257. The van der Waals surface area contributed by atoms with E-state index in [1.807, 2.05) is 0 Å². The molecule has 0 fully saturated rings. The van der Waals surface area contributed by atoms with Gasteiger partial charge in [-0.3, -0.25) is 9.59 Å². The molecule has 5 heteroatoms. The van der Waals surface area contributed by atoms with Gasteiger partial charge in [-0.15, -0.1) is 0 Å². The molecule has 5 nitrogen and oxygen atoms in total. The highest BCUT2D eigenvalue weighted by Gasteiger charge is 2.14. The van der Waals surface area contributed by atoms with E-state index in [9.17, 15) is 9.59 Å². The molecule has 0 saturated heterocycles. The first kappa shape index (κ1) is 17.9. The van der Waals surface area contributed by atoms with Gasteiger partial charge in [0.15, 0.2) is 0 Å². The highest BCUT2D eigenvalue weighted by molar-refractivity contribution is 5.79. The fourth-order valence-electron chi connectivity index (χ4n) is 1.64. The molecule has 0 spiro atoms. The summed E-state index contributed by atoms with van der Waals surface area (Å²) in [5.41, 5.74) is 5.11. The van der Waals surface area contributed by atoms with Crippen molar-refractivity contribution < 1.29 is 14.3 Å². The summed E-state index contributed by atoms with van der Waals surface area (Å²) in [5, 5.41) is 2.85. The van der Waals surface area contributed by atoms with Crippen LogP contribution < -0.4 is 11.1 Å². The van der Waals surface area contributed by atoms with Gasteiger partial charge in [-0.1, -0.05) is 46.0 Å². The summed E-state index contributed by atoms with van der Waals surface area (Å²) in [5.74, 6) is -0.871. The van der Waals surface area contributed by atoms with E-state index in [0.29, 0.717) is 6.54 Å². The molecule has 0 radical (unpaired) electrons. The summed E-state index contributed by atoms with van der Waals surface area (Å²) >= 11 is 0. The molecule has 19 heavy (non-hydrogen) atoms. The van der Waals surface area contributed by atoms with Gasteiger partial charge in [0.1, 0.15) is 6.61 Å². The zero-order chi connectivity index (χ0) is 14.5. The lowest BCUT2D eigenvalue weighted by molar-refractivity contribution is -0.144. The molecule has 0 aromatic carbocycles. The second kappa shape index (κ2) is 12.0.